The van der Waals surface area contributed by atoms with E-state index in [1.165, 1.54) is 0 Å². The molecule has 0 saturated carbocycles. The molecule has 1 heterocycles. The average molecular weight is 250 g/mol. The van der Waals surface area contributed by atoms with Crippen LogP contribution in [0.25, 0.3) is 0 Å². The standard InChI is InChI=1S/C10H22N2O3S/c1-9(2)15-5-6-16(13,14)12-8-10-3-4-11-7-10/h9-12H,3-8H2,1-2H3. The fourth-order valence-corrected chi connectivity index (χ4v) is 2.55. The number of rotatable bonds is 7. The van der Waals surface area contributed by atoms with Gasteiger partial charge >= 0.3 is 0 Å². The van der Waals surface area contributed by atoms with Gasteiger partial charge in [0.2, 0.25) is 10.0 Å². The molecule has 1 fully saturated rings. The number of hydrogen-bond acceptors (Lipinski definition) is 4. The molecule has 0 aromatic rings. The Balaban J connectivity index is 2.17. The topological polar surface area (TPSA) is 67.4 Å². The van der Waals surface area contributed by atoms with Gasteiger partial charge in [-0.15, -0.1) is 0 Å². The summed E-state index contributed by atoms with van der Waals surface area (Å²) < 4.78 is 31.0. The molecule has 96 valence electrons. The molecule has 0 aromatic carbocycles. The van der Waals surface area contributed by atoms with E-state index in [0.717, 1.165) is 19.5 Å². The fourth-order valence-electron chi connectivity index (χ4n) is 1.60. The largest absolute Gasteiger partial charge is 0.378 e. The third-order valence-corrected chi connectivity index (χ3v) is 3.87. The SMILES string of the molecule is CC(C)OCCS(=O)(=O)NCC1CCNC1. The van der Waals surface area contributed by atoms with Crippen LogP contribution in [-0.2, 0) is 14.8 Å². The normalized spacial score (nSPS) is 21.8. The van der Waals surface area contributed by atoms with Crippen LogP contribution in [0.15, 0.2) is 0 Å². The predicted molar refractivity (Wildman–Crippen MR) is 63.9 cm³/mol. The Morgan fingerprint density at radius 3 is 2.81 bits per heavy atom. The second kappa shape index (κ2) is 6.54. The smallest absolute Gasteiger partial charge is 0.213 e. The first-order chi connectivity index (χ1) is 7.49. The van der Waals surface area contributed by atoms with Gasteiger partial charge in [-0.05, 0) is 39.3 Å². The highest BCUT2D eigenvalue weighted by Crippen LogP contribution is 2.05. The molecule has 1 aliphatic heterocycles. The second-order valence-electron chi connectivity index (χ2n) is 4.45. The van der Waals surface area contributed by atoms with E-state index in [1.807, 2.05) is 13.8 Å². The summed E-state index contributed by atoms with van der Waals surface area (Å²) in [6.45, 7) is 6.48. The van der Waals surface area contributed by atoms with Gasteiger partial charge in [-0.25, -0.2) is 13.1 Å². The molecule has 0 aliphatic carbocycles. The minimum Gasteiger partial charge on any atom is -0.378 e. The molecule has 1 saturated heterocycles. The summed E-state index contributed by atoms with van der Waals surface area (Å²) in [5.41, 5.74) is 0. The lowest BCUT2D eigenvalue weighted by Crippen LogP contribution is -2.33. The summed E-state index contributed by atoms with van der Waals surface area (Å²) in [5.74, 6) is 0.478. The first-order valence-corrected chi connectivity index (χ1v) is 7.44. The zero-order chi connectivity index (χ0) is 12.0. The summed E-state index contributed by atoms with van der Waals surface area (Å²) in [6.07, 6.45) is 1.12. The van der Waals surface area contributed by atoms with Crippen molar-refractivity contribution in [1.82, 2.24) is 10.0 Å². The molecule has 5 nitrogen and oxygen atoms in total. The van der Waals surface area contributed by atoms with Crippen molar-refractivity contribution in [3.63, 3.8) is 0 Å². The molecule has 2 N–H and O–H groups in total. The molecule has 1 unspecified atom stereocenters. The van der Waals surface area contributed by atoms with E-state index in [4.69, 9.17) is 4.74 Å². The molecule has 1 aliphatic rings. The van der Waals surface area contributed by atoms with E-state index in [1.54, 1.807) is 0 Å². The van der Waals surface area contributed by atoms with Crippen molar-refractivity contribution in [2.24, 2.45) is 5.92 Å². The van der Waals surface area contributed by atoms with Gasteiger partial charge in [0.1, 0.15) is 0 Å². The summed E-state index contributed by atoms with van der Waals surface area (Å²) in [7, 11) is -3.17. The lowest BCUT2D eigenvalue weighted by molar-refractivity contribution is 0.0911. The third kappa shape index (κ3) is 5.79. The van der Waals surface area contributed by atoms with Crippen LogP contribution in [0, 0.1) is 5.92 Å². The maximum atomic E-state index is 11.6. The Labute approximate surface area is 98.0 Å². The number of sulfonamides is 1. The van der Waals surface area contributed by atoms with Crippen molar-refractivity contribution in [1.29, 1.82) is 0 Å². The number of nitrogens with one attached hydrogen (secondary N) is 2. The zero-order valence-corrected chi connectivity index (χ0v) is 10.8. The molecule has 16 heavy (non-hydrogen) atoms. The Bertz CT molecular complexity index is 284. The molecule has 1 atom stereocenters. The Morgan fingerprint density at radius 2 is 2.25 bits per heavy atom. The van der Waals surface area contributed by atoms with Gasteiger partial charge in [-0.1, -0.05) is 0 Å². The predicted octanol–water partition coefficient (Wildman–Crippen LogP) is -0.0597. The van der Waals surface area contributed by atoms with Crippen molar-refractivity contribution in [3.8, 4) is 0 Å². The van der Waals surface area contributed by atoms with E-state index in [-0.39, 0.29) is 18.5 Å². The van der Waals surface area contributed by atoms with Crippen LogP contribution in [0.2, 0.25) is 0 Å². The van der Waals surface area contributed by atoms with Gasteiger partial charge in [0.15, 0.2) is 0 Å². The van der Waals surface area contributed by atoms with E-state index < -0.39 is 10.0 Å². The van der Waals surface area contributed by atoms with Crippen molar-refractivity contribution in [3.05, 3.63) is 0 Å². The van der Waals surface area contributed by atoms with Crippen molar-refractivity contribution in [2.45, 2.75) is 26.4 Å². The Hall–Kier alpha value is -0.170. The van der Waals surface area contributed by atoms with Gasteiger partial charge in [-0.3, -0.25) is 0 Å². The van der Waals surface area contributed by atoms with E-state index in [9.17, 15) is 8.42 Å². The summed E-state index contributed by atoms with van der Waals surface area (Å²) in [5, 5.41) is 3.21. The maximum absolute atomic E-state index is 11.6. The monoisotopic (exact) mass is 250 g/mol. The van der Waals surface area contributed by atoms with Crippen LogP contribution >= 0.6 is 0 Å². The van der Waals surface area contributed by atoms with Gasteiger partial charge in [0.25, 0.3) is 0 Å². The lowest BCUT2D eigenvalue weighted by Gasteiger charge is -2.11. The van der Waals surface area contributed by atoms with Gasteiger partial charge in [0, 0.05) is 6.54 Å². The van der Waals surface area contributed by atoms with E-state index >= 15 is 0 Å². The molecular weight excluding hydrogens is 228 g/mol. The van der Waals surface area contributed by atoms with Crippen LogP contribution < -0.4 is 10.0 Å². The second-order valence-corrected chi connectivity index (χ2v) is 6.37. The third-order valence-electron chi connectivity index (χ3n) is 2.56. The van der Waals surface area contributed by atoms with Crippen LogP contribution in [0.5, 0.6) is 0 Å². The van der Waals surface area contributed by atoms with Gasteiger partial charge in [-0.2, -0.15) is 0 Å². The van der Waals surface area contributed by atoms with Crippen LogP contribution in [0.3, 0.4) is 0 Å². The van der Waals surface area contributed by atoms with Crippen LogP contribution in [0.4, 0.5) is 0 Å². The highest BCUT2D eigenvalue weighted by atomic mass is 32.2. The highest BCUT2D eigenvalue weighted by molar-refractivity contribution is 7.89. The molecule has 0 radical (unpaired) electrons. The molecule has 1 rings (SSSR count). The minimum atomic E-state index is -3.17. The molecule has 0 aromatic heterocycles. The molecule has 0 bridgehead atoms. The molecule has 0 spiro atoms. The Morgan fingerprint density at radius 1 is 1.50 bits per heavy atom. The fraction of sp³-hybridized carbons (Fsp3) is 1.00. The Kier molecular flexibility index (Phi) is 5.68. The summed E-state index contributed by atoms with van der Waals surface area (Å²) >= 11 is 0. The highest BCUT2D eigenvalue weighted by Gasteiger charge is 2.17. The minimum absolute atomic E-state index is 0.0470. The molecular formula is C10H22N2O3S. The van der Waals surface area contributed by atoms with Gasteiger partial charge in [0.05, 0.1) is 18.5 Å². The lowest BCUT2D eigenvalue weighted by atomic mass is 10.1. The quantitative estimate of drug-likeness (QED) is 0.664. The van der Waals surface area contributed by atoms with E-state index in [0.29, 0.717) is 12.5 Å². The first kappa shape index (κ1) is 13.9. The van der Waals surface area contributed by atoms with Gasteiger partial charge < -0.3 is 10.1 Å². The first-order valence-electron chi connectivity index (χ1n) is 5.79. The van der Waals surface area contributed by atoms with Crippen molar-refractivity contribution >= 4 is 10.0 Å². The number of ether oxygens (including phenoxy) is 1. The van der Waals surface area contributed by atoms with Crippen LogP contribution in [-0.4, -0.2) is 46.5 Å². The van der Waals surface area contributed by atoms with Crippen molar-refractivity contribution < 1.29 is 13.2 Å². The zero-order valence-electron chi connectivity index (χ0n) is 10.0. The maximum Gasteiger partial charge on any atom is 0.213 e. The summed E-state index contributed by atoms with van der Waals surface area (Å²) in [6, 6.07) is 0. The number of hydrogen-bond donors (Lipinski definition) is 2. The molecule has 0 amide bonds. The molecule has 6 heteroatoms. The van der Waals surface area contributed by atoms with Crippen LogP contribution in [0.1, 0.15) is 20.3 Å². The van der Waals surface area contributed by atoms with Crippen molar-refractivity contribution in [2.75, 3.05) is 32.0 Å². The van der Waals surface area contributed by atoms with E-state index in [2.05, 4.69) is 10.0 Å². The summed E-state index contributed by atoms with van der Waals surface area (Å²) in [4.78, 5) is 0. The average Bonchev–Trinajstić information content (AvgIpc) is 2.66.